The fraction of sp³-hybridized carbons (Fsp3) is 0.333. The zero-order chi connectivity index (χ0) is 13.2. The van der Waals surface area contributed by atoms with Gasteiger partial charge in [0.25, 0.3) is 0 Å². The molecule has 1 aromatic heterocycles. The molecule has 0 aliphatic rings. The maximum atomic E-state index is 6.15. The molecule has 0 amide bonds. The van der Waals surface area contributed by atoms with E-state index >= 15 is 0 Å². The van der Waals surface area contributed by atoms with Gasteiger partial charge in [0.1, 0.15) is 5.82 Å². The van der Waals surface area contributed by atoms with E-state index in [1.165, 1.54) is 5.56 Å². The first-order valence-electron chi connectivity index (χ1n) is 6.11. The van der Waals surface area contributed by atoms with Crippen molar-refractivity contribution in [3.8, 4) is 0 Å². The van der Waals surface area contributed by atoms with E-state index in [9.17, 15) is 0 Å². The molecule has 0 radical (unpaired) electrons. The van der Waals surface area contributed by atoms with Crippen LogP contribution in [0.15, 0.2) is 42.7 Å². The molecule has 0 saturated carbocycles. The van der Waals surface area contributed by atoms with Gasteiger partial charge in [0.2, 0.25) is 0 Å². The Morgan fingerprint density at radius 2 is 1.56 bits per heavy atom. The van der Waals surface area contributed by atoms with E-state index < -0.39 is 0 Å². The normalized spacial score (nSPS) is 13.3. The lowest BCUT2D eigenvalue weighted by Gasteiger charge is -2.20. The Morgan fingerprint density at radius 1 is 1.00 bits per heavy atom. The van der Waals surface area contributed by atoms with Crippen molar-refractivity contribution in [2.24, 2.45) is 5.73 Å². The van der Waals surface area contributed by atoms with Gasteiger partial charge >= 0.3 is 0 Å². The molecule has 0 saturated heterocycles. The van der Waals surface area contributed by atoms with Gasteiger partial charge in [-0.25, -0.2) is 9.97 Å². The van der Waals surface area contributed by atoms with Crippen molar-refractivity contribution >= 4 is 0 Å². The molecule has 3 nitrogen and oxygen atoms in total. The molecule has 3 heteroatoms. The first-order valence-corrected chi connectivity index (χ1v) is 6.11. The minimum absolute atomic E-state index is 0.159. The summed E-state index contributed by atoms with van der Waals surface area (Å²) in [6.45, 7) is 6.59. The average Bonchev–Trinajstić information content (AvgIpc) is 2.38. The summed E-state index contributed by atoms with van der Waals surface area (Å²) in [5.74, 6) is 0.654. The highest BCUT2D eigenvalue weighted by atomic mass is 14.9. The van der Waals surface area contributed by atoms with Gasteiger partial charge in [0, 0.05) is 12.4 Å². The molecular weight excluding hydrogens is 222 g/mol. The Balaban J connectivity index is 2.25. The fourth-order valence-electron chi connectivity index (χ4n) is 1.81. The van der Waals surface area contributed by atoms with E-state index in [1.54, 1.807) is 18.5 Å². The average molecular weight is 241 g/mol. The van der Waals surface area contributed by atoms with Gasteiger partial charge in [-0.1, -0.05) is 45.0 Å². The third-order valence-electron chi connectivity index (χ3n) is 3.00. The van der Waals surface area contributed by atoms with E-state index in [4.69, 9.17) is 5.73 Å². The van der Waals surface area contributed by atoms with Crippen LogP contribution in [0, 0.1) is 0 Å². The molecule has 0 bridgehead atoms. The van der Waals surface area contributed by atoms with E-state index in [0.717, 1.165) is 5.56 Å². The maximum absolute atomic E-state index is 6.15. The molecule has 1 aromatic carbocycles. The van der Waals surface area contributed by atoms with E-state index in [-0.39, 0.29) is 11.5 Å². The first kappa shape index (κ1) is 12.7. The molecule has 2 aromatic rings. The van der Waals surface area contributed by atoms with Crippen LogP contribution in [0.5, 0.6) is 0 Å². The molecule has 0 spiro atoms. The number of nitrogens with two attached hydrogens (primary N) is 1. The van der Waals surface area contributed by atoms with Gasteiger partial charge in [0.05, 0.1) is 6.04 Å². The molecule has 94 valence electrons. The number of aromatic nitrogens is 2. The third-order valence-corrected chi connectivity index (χ3v) is 3.00. The van der Waals surface area contributed by atoms with Crippen LogP contribution >= 0.6 is 0 Å². The van der Waals surface area contributed by atoms with Crippen molar-refractivity contribution in [2.45, 2.75) is 32.2 Å². The summed E-state index contributed by atoms with van der Waals surface area (Å²) < 4.78 is 0. The van der Waals surface area contributed by atoms with Crippen molar-refractivity contribution in [3.05, 3.63) is 59.7 Å². The van der Waals surface area contributed by atoms with Crippen molar-refractivity contribution in [1.29, 1.82) is 0 Å². The molecular formula is C15H19N3. The molecule has 1 atom stereocenters. The second-order valence-electron chi connectivity index (χ2n) is 5.46. The van der Waals surface area contributed by atoms with Crippen LogP contribution in [0.25, 0.3) is 0 Å². The molecule has 2 N–H and O–H groups in total. The number of benzene rings is 1. The highest BCUT2D eigenvalue weighted by Gasteiger charge is 2.15. The summed E-state index contributed by atoms with van der Waals surface area (Å²) in [6.07, 6.45) is 3.43. The van der Waals surface area contributed by atoms with Crippen molar-refractivity contribution in [3.63, 3.8) is 0 Å². The lowest BCUT2D eigenvalue weighted by atomic mass is 9.86. The Kier molecular flexibility index (Phi) is 3.43. The summed E-state index contributed by atoms with van der Waals surface area (Å²) >= 11 is 0. The maximum Gasteiger partial charge on any atom is 0.149 e. The minimum atomic E-state index is -0.264. The van der Waals surface area contributed by atoms with Crippen LogP contribution in [0.1, 0.15) is 43.8 Å². The Morgan fingerprint density at radius 3 is 2.06 bits per heavy atom. The minimum Gasteiger partial charge on any atom is -0.318 e. The van der Waals surface area contributed by atoms with Crippen LogP contribution < -0.4 is 5.73 Å². The second-order valence-corrected chi connectivity index (χ2v) is 5.46. The van der Waals surface area contributed by atoms with Crippen LogP contribution in [-0.4, -0.2) is 9.97 Å². The highest BCUT2D eigenvalue weighted by Crippen LogP contribution is 2.24. The van der Waals surface area contributed by atoms with Crippen LogP contribution in [0.3, 0.4) is 0 Å². The molecule has 1 heterocycles. The second kappa shape index (κ2) is 4.86. The Labute approximate surface area is 108 Å². The molecule has 0 aliphatic heterocycles. The molecule has 18 heavy (non-hydrogen) atoms. The van der Waals surface area contributed by atoms with Gasteiger partial charge in [-0.05, 0) is 22.6 Å². The largest absolute Gasteiger partial charge is 0.318 e. The third kappa shape index (κ3) is 2.74. The van der Waals surface area contributed by atoms with Gasteiger partial charge in [-0.15, -0.1) is 0 Å². The summed E-state index contributed by atoms with van der Waals surface area (Å²) in [7, 11) is 0. The molecule has 2 rings (SSSR count). The topological polar surface area (TPSA) is 51.8 Å². The summed E-state index contributed by atoms with van der Waals surface area (Å²) in [5.41, 5.74) is 8.64. The number of nitrogens with zero attached hydrogens (tertiary/aromatic N) is 2. The monoisotopic (exact) mass is 241 g/mol. The van der Waals surface area contributed by atoms with Crippen LogP contribution in [0.2, 0.25) is 0 Å². The Bertz CT molecular complexity index is 498. The summed E-state index contributed by atoms with van der Waals surface area (Å²) in [5, 5.41) is 0. The van der Waals surface area contributed by atoms with Gasteiger partial charge < -0.3 is 5.73 Å². The predicted molar refractivity (Wildman–Crippen MR) is 73.2 cm³/mol. The number of rotatable bonds is 2. The number of hydrogen-bond acceptors (Lipinski definition) is 3. The lowest BCUT2D eigenvalue weighted by Crippen LogP contribution is -2.16. The van der Waals surface area contributed by atoms with Gasteiger partial charge in [0.15, 0.2) is 0 Å². The molecule has 0 fully saturated rings. The lowest BCUT2D eigenvalue weighted by molar-refractivity contribution is 0.589. The van der Waals surface area contributed by atoms with Crippen LogP contribution in [0.4, 0.5) is 0 Å². The predicted octanol–water partition coefficient (Wildman–Crippen LogP) is 2.82. The van der Waals surface area contributed by atoms with Gasteiger partial charge in [-0.2, -0.15) is 0 Å². The molecule has 1 unspecified atom stereocenters. The van der Waals surface area contributed by atoms with E-state index in [2.05, 4.69) is 55.0 Å². The SMILES string of the molecule is CC(C)(C)c1ccc(C(N)c2ncccn2)cc1. The zero-order valence-electron chi connectivity index (χ0n) is 11.1. The summed E-state index contributed by atoms with van der Waals surface area (Å²) in [6, 6.07) is 9.89. The van der Waals surface area contributed by atoms with Crippen molar-refractivity contribution in [2.75, 3.05) is 0 Å². The fourth-order valence-corrected chi connectivity index (χ4v) is 1.81. The Hall–Kier alpha value is -1.74. The standard InChI is InChI=1S/C15H19N3/c1-15(2,3)12-7-5-11(6-8-12)13(16)14-17-9-4-10-18-14/h4-10,13H,16H2,1-3H3. The smallest absolute Gasteiger partial charge is 0.149 e. The summed E-state index contributed by atoms with van der Waals surface area (Å²) in [4.78, 5) is 8.38. The number of hydrogen-bond donors (Lipinski definition) is 1. The van der Waals surface area contributed by atoms with Crippen LogP contribution in [-0.2, 0) is 5.41 Å². The quantitative estimate of drug-likeness (QED) is 0.879. The van der Waals surface area contributed by atoms with Crippen molar-refractivity contribution < 1.29 is 0 Å². The first-order chi connectivity index (χ1) is 8.48. The zero-order valence-corrected chi connectivity index (χ0v) is 11.1. The van der Waals surface area contributed by atoms with Crippen molar-refractivity contribution in [1.82, 2.24) is 9.97 Å². The highest BCUT2D eigenvalue weighted by molar-refractivity contribution is 5.31. The van der Waals surface area contributed by atoms with E-state index in [0.29, 0.717) is 5.82 Å². The van der Waals surface area contributed by atoms with Gasteiger partial charge in [-0.3, -0.25) is 0 Å². The molecule has 0 aliphatic carbocycles. The van der Waals surface area contributed by atoms with E-state index in [1.807, 2.05) is 0 Å².